The summed E-state index contributed by atoms with van der Waals surface area (Å²) in [5.41, 5.74) is 4.81. The van der Waals surface area contributed by atoms with Gasteiger partial charge in [-0.2, -0.15) is 0 Å². The number of carbonyl (C=O) groups excluding carboxylic acids is 1. The second-order valence-electron chi connectivity index (χ2n) is 5.35. The van der Waals surface area contributed by atoms with Crippen molar-refractivity contribution in [2.75, 3.05) is 0 Å². The molecule has 4 rings (SSSR count). The number of nitrogens with one attached hydrogen (secondary N) is 2. The molecule has 0 aliphatic rings. The lowest BCUT2D eigenvalue weighted by atomic mass is 10.1. The number of oxazole rings is 1. The third kappa shape index (κ3) is 2.55. The summed E-state index contributed by atoms with van der Waals surface area (Å²) < 4.78 is 5.44. The minimum atomic E-state index is -0.127. The maximum atomic E-state index is 12.3. The first-order chi connectivity index (χ1) is 11.2. The van der Waals surface area contributed by atoms with Crippen LogP contribution in [0.3, 0.4) is 0 Å². The smallest absolute Gasteiger partial charge is 0.251 e. The maximum Gasteiger partial charge on any atom is 0.251 e. The monoisotopic (exact) mass is 306 g/mol. The average molecular weight is 306 g/mol. The van der Waals surface area contributed by atoms with Gasteiger partial charge in [0.1, 0.15) is 5.52 Å². The van der Waals surface area contributed by atoms with Gasteiger partial charge in [0, 0.05) is 19.0 Å². The van der Waals surface area contributed by atoms with Crippen LogP contribution in [0.1, 0.15) is 21.8 Å². The molecule has 6 nitrogen and oxygen atoms in total. The molecule has 0 aliphatic heterocycles. The number of nitrogens with zero attached hydrogens (tertiary/aromatic N) is 2. The van der Waals surface area contributed by atoms with Gasteiger partial charge in [-0.05, 0) is 35.9 Å². The number of rotatable bonds is 3. The van der Waals surface area contributed by atoms with E-state index < -0.39 is 0 Å². The lowest BCUT2D eigenvalue weighted by Crippen LogP contribution is -2.22. The number of H-pyrrole nitrogens is 1. The Morgan fingerprint density at radius 2 is 2.13 bits per heavy atom. The Bertz CT molecular complexity index is 1020. The molecule has 1 amide bonds. The molecule has 23 heavy (non-hydrogen) atoms. The molecule has 6 heteroatoms. The third-order valence-corrected chi connectivity index (χ3v) is 3.69. The second kappa shape index (κ2) is 5.24. The molecule has 0 atom stereocenters. The zero-order valence-corrected chi connectivity index (χ0v) is 12.5. The number of hydrogen-bond acceptors (Lipinski definition) is 4. The molecule has 0 fully saturated rings. The van der Waals surface area contributed by atoms with Crippen LogP contribution < -0.4 is 5.32 Å². The van der Waals surface area contributed by atoms with Crippen LogP contribution in [0.4, 0.5) is 0 Å². The van der Waals surface area contributed by atoms with E-state index >= 15 is 0 Å². The van der Waals surface area contributed by atoms with Gasteiger partial charge in [-0.25, -0.2) is 9.97 Å². The summed E-state index contributed by atoms with van der Waals surface area (Å²) >= 11 is 0. The molecule has 2 N–H and O–H groups in total. The molecule has 114 valence electrons. The summed E-state index contributed by atoms with van der Waals surface area (Å²) in [4.78, 5) is 23.7. The Labute approximate surface area is 131 Å². The Kier molecular flexibility index (Phi) is 3.08. The fourth-order valence-corrected chi connectivity index (χ4v) is 2.56. The van der Waals surface area contributed by atoms with Crippen molar-refractivity contribution < 1.29 is 9.21 Å². The van der Waals surface area contributed by atoms with Crippen LogP contribution in [0.25, 0.3) is 22.1 Å². The van der Waals surface area contributed by atoms with Crippen molar-refractivity contribution in [3.63, 3.8) is 0 Å². The maximum absolute atomic E-state index is 12.3. The van der Waals surface area contributed by atoms with Crippen molar-refractivity contribution in [2.45, 2.75) is 13.5 Å². The van der Waals surface area contributed by atoms with Crippen LogP contribution in [0.15, 0.2) is 47.1 Å². The van der Waals surface area contributed by atoms with Crippen LogP contribution in [0, 0.1) is 6.92 Å². The summed E-state index contributed by atoms with van der Waals surface area (Å²) in [5.74, 6) is 0.506. The number of aromatic amines is 1. The van der Waals surface area contributed by atoms with E-state index in [4.69, 9.17) is 4.42 Å². The first-order valence-corrected chi connectivity index (χ1v) is 7.26. The van der Waals surface area contributed by atoms with Crippen LogP contribution in [0.2, 0.25) is 0 Å². The first-order valence-electron chi connectivity index (χ1n) is 7.26. The average Bonchev–Trinajstić information content (AvgIpc) is 3.16. The Hall–Kier alpha value is -3.15. The Morgan fingerprint density at radius 1 is 1.22 bits per heavy atom. The van der Waals surface area contributed by atoms with Crippen molar-refractivity contribution >= 4 is 28.0 Å². The molecule has 0 saturated carbocycles. The van der Waals surface area contributed by atoms with E-state index in [-0.39, 0.29) is 5.91 Å². The largest absolute Gasteiger partial charge is 0.441 e. The first kappa shape index (κ1) is 13.5. The van der Waals surface area contributed by atoms with Gasteiger partial charge < -0.3 is 14.7 Å². The fraction of sp³-hybridized carbons (Fsp3) is 0.118. The zero-order chi connectivity index (χ0) is 15.8. The number of hydrogen-bond donors (Lipinski definition) is 2. The highest BCUT2D eigenvalue weighted by molar-refractivity contribution is 5.97. The molecule has 2 aromatic carbocycles. The van der Waals surface area contributed by atoms with E-state index in [9.17, 15) is 4.79 Å². The summed E-state index contributed by atoms with van der Waals surface area (Å²) in [6.07, 6.45) is 1.61. The second-order valence-corrected chi connectivity index (χ2v) is 5.35. The minimum Gasteiger partial charge on any atom is -0.441 e. The number of fused-ring (bicyclic) bond motifs is 2. The number of benzene rings is 2. The molecule has 0 spiro atoms. The van der Waals surface area contributed by atoms with Gasteiger partial charge >= 0.3 is 0 Å². The van der Waals surface area contributed by atoms with Crippen molar-refractivity contribution in [1.82, 2.24) is 20.3 Å². The van der Waals surface area contributed by atoms with E-state index in [0.29, 0.717) is 18.0 Å². The molecule has 0 unspecified atom stereocenters. The number of aromatic nitrogens is 3. The molecule has 2 aromatic heterocycles. The standard InChI is InChI=1S/C17H14N4O2/c1-10-21-15-6-11(2-5-16(15)23-10)8-18-17(22)12-3-4-13-14(7-12)20-9-19-13/h2-7,9H,8H2,1H3,(H,18,22)(H,19,20). The van der Waals surface area contributed by atoms with Crippen molar-refractivity contribution in [3.05, 3.63) is 59.7 Å². The lowest BCUT2D eigenvalue weighted by molar-refractivity contribution is 0.0951. The summed E-state index contributed by atoms with van der Waals surface area (Å²) in [7, 11) is 0. The third-order valence-electron chi connectivity index (χ3n) is 3.69. The predicted octanol–water partition coefficient (Wildman–Crippen LogP) is 2.94. The summed E-state index contributed by atoms with van der Waals surface area (Å²) in [5, 5.41) is 2.91. The van der Waals surface area contributed by atoms with Crippen molar-refractivity contribution in [1.29, 1.82) is 0 Å². The molecular formula is C17H14N4O2. The molecule has 0 bridgehead atoms. The van der Waals surface area contributed by atoms with Crippen molar-refractivity contribution in [3.8, 4) is 0 Å². The highest BCUT2D eigenvalue weighted by atomic mass is 16.3. The van der Waals surface area contributed by atoms with Gasteiger partial charge in [-0.3, -0.25) is 4.79 Å². The van der Waals surface area contributed by atoms with E-state index in [1.54, 1.807) is 18.5 Å². The topological polar surface area (TPSA) is 83.8 Å². The highest BCUT2D eigenvalue weighted by Crippen LogP contribution is 2.17. The molecular weight excluding hydrogens is 292 g/mol. The number of imidazole rings is 1. The minimum absolute atomic E-state index is 0.127. The Morgan fingerprint density at radius 3 is 3.04 bits per heavy atom. The predicted molar refractivity (Wildman–Crippen MR) is 86.0 cm³/mol. The quantitative estimate of drug-likeness (QED) is 0.609. The van der Waals surface area contributed by atoms with Gasteiger partial charge in [0.15, 0.2) is 11.5 Å². The van der Waals surface area contributed by atoms with Crippen LogP contribution in [-0.2, 0) is 6.54 Å². The SMILES string of the molecule is Cc1nc2cc(CNC(=O)c3ccc4nc[nH]c4c3)ccc2o1. The number of aryl methyl sites for hydroxylation is 1. The number of amides is 1. The summed E-state index contributed by atoms with van der Waals surface area (Å²) in [6, 6.07) is 11.1. The van der Waals surface area contributed by atoms with Gasteiger partial charge in [0.2, 0.25) is 0 Å². The lowest BCUT2D eigenvalue weighted by Gasteiger charge is -2.05. The van der Waals surface area contributed by atoms with E-state index in [2.05, 4.69) is 20.3 Å². The molecule has 0 radical (unpaired) electrons. The van der Waals surface area contributed by atoms with Gasteiger partial charge in [0.25, 0.3) is 5.91 Å². The van der Waals surface area contributed by atoms with Gasteiger partial charge in [0.05, 0.1) is 17.4 Å². The number of carbonyl (C=O) groups is 1. The van der Waals surface area contributed by atoms with Crippen LogP contribution in [-0.4, -0.2) is 20.9 Å². The Balaban J connectivity index is 1.51. The van der Waals surface area contributed by atoms with Gasteiger partial charge in [-0.1, -0.05) is 6.07 Å². The summed E-state index contributed by atoms with van der Waals surface area (Å²) in [6.45, 7) is 2.24. The van der Waals surface area contributed by atoms with Crippen molar-refractivity contribution in [2.24, 2.45) is 0 Å². The van der Waals surface area contributed by atoms with E-state index in [0.717, 1.165) is 27.7 Å². The molecule has 0 aliphatic carbocycles. The zero-order valence-electron chi connectivity index (χ0n) is 12.5. The van der Waals surface area contributed by atoms with E-state index in [1.807, 2.05) is 31.2 Å². The molecule has 2 heterocycles. The molecule has 4 aromatic rings. The van der Waals surface area contributed by atoms with E-state index in [1.165, 1.54) is 0 Å². The highest BCUT2D eigenvalue weighted by Gasteiger charge is 2.08. The van der Waals surface area contributed by atoms with Crippen LogP contribution >= 0.6 is 0 Å². The normalized spacial score (nSPS) is 11.2. The van der Waals surface area contributed by atoms with Crippen LogP contribution in [0.5, 0.6) is 0 Å². The molecule has 0 saturated heterocycles. The fourth-order valence-electron chi connectivity index (χ4n) is 2.56. The van der Waals surface area contributed by atoms with Gasteiger partial charge in [-0.15, -0.1) is 0 Å².